The number of carbonyl (C=O) groups excluding carboxylic acids is 1. The number of aromatic hydroxyl groups is 1. The summed E-state index contributed by atoms with van der Waals surface area (Å²) in [7, 11) is 1.41. The van der Waals surface area contributed by atoms with Gasteiger partial charge in [-0.15, -0.1) is 0 Å². The van der Waals surface area contributed by atoms with E-state index in [1.54, 1.807) is 24.3 Å². The molecule has 0 aromatic heterocycles. The number of hydrogen-bond donors (Lipinski definition) is 2. The second kappa shape index (κ2) is 6.03. The van der Waals surface area contributed by atoms with Crippen molar-refractivity contribution in [2.45, 2.75) is 0 Å². The van der Waals surface area contributed by atoms with E-state index in [0.29, 0.717) is 15.7 Å². The molecule has 0 radical (unpaired) electrons. The molecule has 0 fully saturated rings. The number of amides is 1. The second-order valence-corrected chi connectivity index (χ2v) is 4.78. The van der Waals surface area contributed by atoms with Gasteiger partial charge in [-0.2, -0.15) is 0 Å². The maximum Gasteiger partial charge on any atom is 0.259 e. The van der Waals surface area contributed by atoms with Gasteiger partial charge < -0.3 is 15.2 Å². The van der Waals surface area contributed by atoms with Crippen molar-refractivity contribution in [1.82, 2.24) is 0 Å². The molecule has 0 spiro atoms. The Kier molecular flexibility index (Phi) is 4.37. The Morgan fingerprint density at radius 2 is 2.00 bits per heavy atom. The number of phenolic OH excluding ortho intramolecular Hbond substituents is 1. The van der Waals surface area contributed by atoms with E-state index in [9.17, 15) is 9.90 Å². The highest BCUT2D eigenvalue weighted by Crippen LogP contribution is 2.31. The molecule has 0 atom stereocenters. The van der Waals surface area contributed by atoms with Gasteiger partial charge in [-0.1, -0.05) is 29.3 Å². The van der Waals surface area contributed by atoms with Gasteiger partial charge in [0.25, 0.3) is 5.91 Å². The summed E-state index contributed by atoms with van der Waals surface area (Å²) in [6, 6.07) is 9.35. The lowest BCUT2D eigenvalue weighted by Gasteiger charge is -2.10. The van der Waals surface area contributed by atoms with Crippen molar-refractivity contribution < 1.29 is 14.6 Å². The summed E-state index contributed by atoms with van der Waals surface area (Å²) < 4.78 is 4.95. The van der Waals surface area contributed by atoms with E-state index in [1.165, 1.54) is 19.2 Å². The number of phenols is 1. The average molecular weight is 312 g/mol. The van der Waals surface area contributed by atoms with Gasteiger partial charge in [0.2, 0.25) is 0 Å². The standard InChI is InChI=1S/C14H11Cl2NO3/c1-20-12-4-2-3-9(13(12)18)14(19)17-11-6-5-8(15)7-10(11)16/h2-7,18H,1H3,(H,17,19). The minimum atomic E-state index is -0.495. The average Bonchev–Trinajstić information content (AvgIpc) is 2.42. The Bertz CT molecular complexity index is 659. The van der Waals surface area contributed by atoms with E-state index in [0.717, 1.165) is 0 Å². The highest BCUT2D eigenvalue weighted by Gasteiger charge is 2.15. The summed E-state index contributed by atoms with van der Waals surface area (Å²) in [6.45, 7) is 0. The number of rotatable bonds is 3. The lowest BCUT2D eigenvalue weighted by Crippen LogP contribution is -2.12. The Hall–Kier alpha value is -1.91. The van der Waals surface area contributed by atoms with Crippen LogP contribution in [0.25, 0.3) is 0 Å². The van der Waals surface area contributed by atoms with Crippen LogP contribution in [0.5, 0.6) is 11.5 Å². The number of anilines is 1. The van der Waals surface area contributed by atoms with Gasteiger partial charge in [-0.05, 0) is 30.3 Å². The quantitative estimate of drug-likeness (QED) is 0.902. The molecule has 0 heterocycles. The van der Waals surface area contributed by atoms with Crippen LogP contribution < -0.4 is 10.1 Å². The maximum atomic E-state index is 12.1. The number of methoxy groups -OCH3 is 1. The molecule has 0 aliphatic heterocycles. The molecule has 0 saturated carbocycles. The zero-order valence-corrected chi connectivity index (χ0v) is 12.0. The molecule has 104 valence electrons. The van der Waals surface area contributed by atoms with Crippen LogP contribution in [0, 0.1) is 0 Å². The van der Waals surface area contributed by atoms with Gasteiger partial charge >= 0.3 is 0 Å². The van der Waals surface area contributed by atoms with Gasteiger partial charge in [-0.25, -0.2) is 0 Å². The van der Waals surface area contributed by atoms with Crippen LogP contribution in [0.1, 0.15) is 10.4 Å². The summed E-state index contributed by atoms with van der Waals surface area (Å²) in [6.07, 6.45) is 0. The first kappa shape index (κ1) is 14.5. The van der Waals surface area contributed by atoms with Crippen LogP contribution in [0.4, 0.5) is 5.69 Å². The number of halogens is 2. The first-order valence-electron chi connectivity index (χ1n) is 5.65. The van der Waals surface area contributed by atoms with E-state index in [1.807, 2.05) is 0 Å². The fourth-order valence-electron chi connectivity index (χ4n) is 1.65. The number of para-hydroxylation sites is 1. The van der Waals surface area contributed by atoms with Crippen molar-refractivity contribution >= 4 is 34.8 Å². The Morgan fingerprint density at radius 3 is 2.65 bits per heavy atom. The molecule has 0 bridgehead atoms. The van der Waals surface area contributed by atoms with Crippen LogP contribution in [-0.4, -0.2) is 18.1 Å². The molecule has 0 unspecified atom stereocenters. The first-order chi connectivity index (χ1) is 9.52. The molecule has 2 aromatic rings. The summed E-state index contributed by atoms with van der Waals surface area (Å²) >= 11 is 11.8. The summed E-state index contributed by atoms with van der Waals surface area (Å²) in [5.74, 6) is -0.497. The largest absolute Gasteiger partial charge is 0.504 e. The van der Waals surface area contributed by atoms with Crippen molar-refractivity contribution in [1.29, 1.82) is 0 Å². The van der Waals surface area contributed by atoms with E-state index in [-0.39, 0.29) is 17.1 Å². The molecule has 4 nitrogen and oxygen atoms in total. The molecule has 6 heteroatoms. The predicted octanol–water partition coefficient (Wildman–Crippen LogP) is 3.96. The summed E-state index contributed by atoms with van der Waals surface area (Å²) in [5, 5.41) is 13.3. The minimum Gasteiger partial charge on any atom is -0.504 e. The van der Waals surface area contributed by atoms with E-state index in [2.05, 4.69) is 5.32 Å². The maximum absolute atomic E-state index is 12.1. The van der Waals surface area contributed by atoms with Crippen LogP contribution in [0.3, 0.4) is 0 Å². The molecule has 2 rings (SSSR count). The highest BCUT2D eigenvalue weighted by atomic mass is 35.5. The van der Waals surface area contributed by atoms with Crippen LogP contribution in [0.15, 0.2) is 36.4 Å². The molecule has 0 aliphatic rings. The van der Waals surface area contributed by atoms with E-state index in [4.69, 9.17) is 27.9 Å². The van der Waals surface area contributed by atoms with Crippen molar-refractivity contribution in [2.75, 3.05) is 12.4 Å². The minimum absolute atomic E-state index is 0.0929. The zero-order valence-electron chi connectivity index (χ0n) is 10.5. The monoisotopic (exact) mass is 311 g/mol. The first-order valence-corrected chi connectivity index (χ1v) is 6.41. The van der Waals surface area contributed by atoms with E-state index >= 15 is 0 Å². The normalized spacial score (nSPS) is 10.2. The second-order valence-electron chi connectivity index (χ2n) is 3.93. The van der Waals surface area contributed by atoms with Gasteiger partial charge in [0.15, 0.2) is 11.5 Å². The summed E-state index contributed by atoms with van der Waals surface area (Å²) in [5.41, 5.74) is 0.499. The van der Waals surface area contributed by atoms with Gasteiger partial charge in [0, 0.05) is 5.02 Å². The zero-order chi connectivity index (χ0) is 14.7. The number of carbonyl (C=O) groups is 1. The Balaban J connectivity index is 2.28. The Morgan fingerprint density at radius 1 is 1.25 bits per heavy atom. The predicted molar refractivity (Wildman–Crippen MR) is 79.1 cm³/mol. The molecule has 0 saturated heterocycles. The summed E-state index contributed by atoms with van der Waals surface area (Å²) in [4.78, 5) is 12.1. The third-order valence-electron chi connectivity index (χ3n) is 2.64. The fraction of sp³-hybridized carbons (Fsp3) is 0.0714. The number of nitrogens with one attached hydrogen (secondary N) is 1. The number of ether oxygens (including phenoxy) is 1. The third-order valence-corrected chi connectivity index (χ3v) is 3.19. The molecular weight excluding hydrogens is 301 g/mol. The van der Waals surface area contributed by atoms with Crippen molar-refractivity contribution in [2.24, 2.45) is 0 Å². The molecule has 0 aliphatic carbocycles. The molecule has 20 heavy (non-hydrogen) atoms. The lowest BCUT2D eigenvalue weighted by atomic mass is 10.1. The number of hydrogen-bond acceptors (Lipinski definition) is 3. The third kappa shape index (κ3) is 2.98. The van der Waals surface area contributed by atoms with Crippen LogP contribution >= 0.6 is 23.2 Å². The van der Waals surface area contributed by atoms with Crippen LogP contribution in [0.2, 0.25) is 10.0 Å². The number of benzene rings is 2. The highest BCUT2D eigenvalue weighted by molar-refractivity contribution is 6.36. The van der Waals surface area contributed by atoms with Gasteiger partial charge in [0.05, 0.1) is 23.4 Å². The molecule has 2 N–H and O–H groups in total. The fourth-order valence-corrected chi connectivity index (χ4v) is 2.11. The van der Waals surface area contributed by atoms with E-state index < -0.39 is 5.91 Å². The van der Waals surface area contributed by atoms with Crippen molar-refractivity contribution in [3.8, 4) is 11.5 Å². The lowest BCUT2D eigenvalue weighted by molar-refractivity contribution is 0.102. The van der Waals surface area contributed by atoms with Crippen molar-refractivity contribution in [3.05, 3.63) is 52.0 Å². The molecular formula is C14H11Cl2NO3. The molecule has 2 aromatic carbocycles. The Labute approximate surface area is 125 Å². The van der Waals surface area contributed by atoms with Gasteiger partial charge in [0.1, 0.15) is 0 Å². The topological polar surface area (TPSA) is 58.6 Å². The van der Waals surface area contributed by atoms with Crippen LogP contribution in [-0.2, 0) is 0 Å². The SMILES string of the molecule is COc1cccc(C(=O)Nc2ccc(Cl)cc2Cl)c1O. The molecule has 1 amide bonds. The smallest absolute Gasteiger partial charge is 0.259 e. The van der Waals surface area contributed by atoms with Crippen molar-refractivity contribution in [3.63, 3.8) is 0 Å². The van der Waals surface area contributed by atoms with Gasteiger partial charge in [-0.3, -0.25) is 4.79 Å².